The minimum absolute atomic E-state index is 0.0770. The molecular weight excluding hydrogens is 481 g/mol. The normalized spacial score (nSPS) is 30.0. The number of piperidine rings is 1. The van der Waals surface area contributed by atoms with Crippen molar-refractivity contribution in [3.8, 4) is 6.07 Å². The molecule has 4 aliphatic rings. The van der Waals surface area contributed by atoms with Gasteiger partial charge in [0.25, 0.3) is 0 Å². The monoisotopic (exact) mass is 519 g/mol. The Morgan fingerprint density at radius 3 is 2.49 bits per heavy atom. The fourth-order valence-electron chi connectivity index (χ4n) is 6.25. The van der Waals surface area contributed by atoms with Gasteiger partial charge in [-0.3, -0.25) is 14.4 Å². The summed E-state index contributed by atoms with van der Waals surface area (Å²) in [5.41, 5.74) is -0.972. The van der Waals surface area contributed by atoms with Crippen LogP contribution in [0.2, 0.25) is 0 Å². The molecule has 0 radical (unpaired) electrons. The molecule has 0 aromatic rings. The van der Waals surface area contributed by atoms with Crippen molar-refractivity contribution in [3.63, 3.8) is 0 Å². The lowest BCUT2D eigenvalue weighted by Crippen LogP contribution is -2.59. The van der Waals surface area contributed by atoms with Crippen LogP contribution in [-0.4, -0.2) is 72.2 Å². The van der Waals surface area contributed by atoms with Crippen LogP contribution in [0.25, 0.3) is 0 Å². The average Bonchev–Trinajstić information content (AvgIpc) is 3.53. The van der Waals surface area contributed by atoms with Crippen LogP contribution in [0.4, 0.5) is 9.18 Å². The summed E-state index contributed by atoms with van der Waals surface area (Å²) in [4.78, 5) is 53.4. The summed E-state index contributed by atoms with van der Waals surface area (Å²) in [7, 11) is 0. The lowest BCUT2D eigenvalue weighted by Gasteiger charge is -2.37. The third kappa shape index (κ3) is 5.25. The van der Waals surface area contributed by atoms with E-state index in [0.29, 0.717) is 13.0 Å². The summed E-state index contributed by atoms with van der Waals surface area (Å²) >= 11 is 0. The molecule has 0 bridgehead atoms. The first-order valence-corrected chi connectivity index (χ1v) is 13.1. The van der Waals surface area contributed by atoms with Crippen molar-refractivity contribution < 1.29 is 28.3 Å². The van der Waals surface area contributed by atoms with Gasteiger partial charge in [-0.1, -0.05) is 34.6 Å². The van der Waals surface area contributed by atoms with Crippen LogP contribution in [-0.2, 0) is 19.1 Å². The van der Waals surface area contributed by atoms with E-state index >= 15 is 0 Å². The lowest BCUT2D eigenvalue weighted by molar-refractivity contribution is -0.144. The maximum Gasteiger partial charge on any atom is 0.407 e. The molecule has 0 aromatic carbocycles. The van der Waals surface area contributed by atoms with E-state index in [9.17, 15) is 28.8 Å². The van der Waals surface area contributed by atoms with Crippen molar-refractivity contribution in [2.45, 2.75) is 84.0 Å². The summed E-state index contributed by atoms with van der Waals surface area (Å²) < 4.78 is 17.2. The number of alkyl halides is 1. The summed E-state index contributed by atoms with van der Waals surface area (Å²) in [6, 6.07) is -0.544. The van der Waals surface area contributed by atoms with E-state index in [1.807, 2.05) is 0 Å². The van der Waals surface area contributed by atoms with E-state index in [2.05, 4.69) is 35.9 Å². The van der Waals surface area contributed by atoms with Crippen LogP contribution in [0.3, 0.4) is 0 Å². The number of nitrogens with one attached hydrogen (secondary N) is 3. The SMILES string of the molecule is CC(C)(C)[C@H](NC(=O)OCCF)C(=O)N1C[C@H]2[C@@H]([C@H]1C(=O)N[C@H](C#N)C[C@@H]1CC3(CC3)NC1=O)C2(C)C. The third-order valence-corrected chi connectivity index (χ3v) is 8.69. The number of amides is 4. The zero-order valence-electron chi connectivity index (χ0n) is 22.2. The van der Waals surface area contributed by atoms with E-state index in [1.165, 1.54) is 4.90 Å². The Labute approximate surface area is 217 Å². The fraction of sp³-hybridized carbons (Fsp3) is 0.808. The number of ether oxygens (including phenoxy) is 1. The highest BCUT2D eigenvalue weighted by Crippen LogP contribution is 2.65. The van der Waals surface area contributed by atoms with E-state index in [0.717, 1.165) is 12.8 Å². The number of carbonyl (C=O) groups is 4. The van der Waals surface area contributed by atoms with Crippen molar-refractivity contribution in [3.05, 3.63) is 0 Å². The van der Waals surface area contributed by atoms with E-state index in [-0.39, 0.29) is 41.0 Å². The largest absolute Gasteiger partial charge is 0.447 e. The number of halogens is 1. The molecular formula is C26H38FN5O5. The Morgan fingerprint density at radius 1 is 1.27 bits per heavy atom. The van der Waals surface area contributed by atoms with E-state index in [4.69, 9.17) is 4.74 Å². The first-order valence-electron chi connectivity index (χ1n) is 13.1. The predicted molar refractivity (Wildman–Crippen MR) is 130 cm³/mol. The molecule has 1 spiro atoms. The average molecular weight is 520 g/mol. The quantitative estimate of drug-likeness (QED) is 0.445. The van der Waals surface area contributed by atoms with Gasteiger partial charge in [0.05, 0.1) is 6.07 Å². The second-order valence-electron chi connectivity index (χ2n) is 12.8. The van der Waals surface area contributed by atoms with Gasteiger partial charge in [0, 0.05) is 18.0 Å². The van der Waals surface area contributed by atoms with Crippen molar-refractivity contribution >= 4 is 23.8 Å². The van der Waals surface area contributed by atoms with Gasteiger partial charge in [-0.05, 0) is 48.3 Å². The zero-order valence-corrected chi connectivity index (χ0v) is 22.2. The van der Waals surface area contributed by atoms with Crippen molar-refractivity contribution in [2.24, 2.45) is 28.6 Å². The summed E-state index contributed by atoms with van der Waals surface area (Å²) in [5.74, 6) is -1.23. The highest BCUT2D eigenvalue weighted by molar-refractivity contribution is 5.93. The first kappa shape index (κ1) is 27.1. The first-order chi connectivity index (χ1) is 17.2. The van der Waals surface area contributed by atoms with Crippen molar-refractivity contribution in [1.29, 1.82) is 5.26 Å². The smallest absolute Gasteiger partial charge is 0.407 e. The number of hydrogen-bond acceptors (Lipinski definition) is 6. The fourth-order valence-corrected chi connectivity index (χ4v) is 6.25. The number of fused-ring (bicyclic) bond motifs is 1. The van der Waals surface area contributed by atoms with Crippen molar-refractivity contribution in [1.82, 2.24) is 20.9 Å². The minimum atomic E-state index is -1.00. The molecule has 0 aromatic heterocycles. The summed E-state index contributed by atoms with van der Waals surface area (Å²) in [5, 5.41) is 18.1. The Morgan fingerprint density at radius 2 is 1.95 bits per heavy atom. The van der Waals surface area contributed by atoms with Crippen LogP contribution < -0.4 is 16.0 Å². The van der Waals surface area contributed by atoms with E-state index < -0.39 is 54.7 Å². The highest BCUT2D eigenvalue weighted by Gasteiger charge is 2.70. The molecule has 2 saturated carbocycles. The molecule has 10 nitrogen and oxygen atoms in total. The van der Waals surface area contributed by atoms with Gasteiger partial charge in [0.15, 0.2) is 0 Å². The molecule has 2 aliphatic carbocycles. The molecule has 37 heavy (non-hydrogen) atoms. The Bertz CT molecular complexity index is 1010. The summed E-state index contributed by atoms with van der Waals surface area (Å²) in [6.45, 7) is 8.56. The van der Waals surface area contributed by atoms with E-state index in [1.54, 1.807) is 20.8 Å². The Kier molecular flexibility index (Phi) is 6.93. The highest BCUT2D eigenvalue weighted by atomic mass is 19.1. The van der Waals surface area contributed by atoms with Gasteiger partial charge in [0.1, 0.15) is 31.4 Å². The molecule has 4 rings (SSSR count). The molecule has 4 amide bonds. The maximum atomic E-state index is 13.7. The zero-order chi connectivity index (χ0) is 27.3. The van der Waals surface area contributed by atoms with Gasteiger partial charge in [0.2, 0.25) is 17.7 Å². The molecule has 2 heterocycles. The number of hydrogen-bond donors (Lipinski definition) is 3. The molecule has 4 fully saturated rings. The molecule has 2 saturated heterocycles. The molecule has 3 N–H and O–H groups in total. The minimum Gasteiger partial charge on any atom is -0.447 e. The maximum absolute atomic E-state index is 13.7. The number of nitrogens with zero attached hydrogens (tertiary/aromatic N) is 2. The van der Waals surface area contributed by atoms with Crippen LogP contribution in [0.15, 0.2) is 0 Å². The number of alkyl carbamates (subject to hydrolysis) is 1. The lowest BCUT2D eigenvalue weighted by atomic mass is 9.85. The van der Waals surface area contributed by atoms with Crippen LogP contribution >= 0.6 is 0 Å². The molecule has 204 valence electrons. The van der Waals surface area contributed by atoms with Crippen LogP contribution in [0.1, 0.15) is 60.3 Å². The second kappa shape index (κ2) is 9.44. The number of likely N-dealkylation sites (tertiary alicyclic amines) is 1. The number of rotatable bonds is 8. The van der Waals surface area contributed by atoms with Crippen molar-refractivity contribution in [2.75, 3.05) is 19.8 Å². The van der Waals surface area contributed by atoms with Gasteiger partial charge < -0.3 is 25.6 Å². The standard InChI is InChI=1S/C26H38FN5O5/c1-24(2,3)19(30-23(36)37-9-8-27)22(35)32-13-16-17(25(16,4)5)18(32)21(34)29-15(12-28)10-14-11-26(6-7-26)31-20(14)33/h14-19H,6-11,13H2,1-5H3,(H,29,34)(H,30,36)(H,31,33)/t14-,15+,16+,17+,18+,19-/m1/s1. The van der Waals surface area contributed by atoms with Crippen LogP contribution in [0.5, 0.6) is 0 Å². The summed E-state index contributed by atoms with van der Waals surface area (Å²) in [6.07, 6.45) is 1.88. The molecule has 2 aliphatic heterocycles. The van der Waals surface area contributed by atoms with Gasteiger partial charge in [-0.25, -0.2) is 9.18 Å². The Balaban J connectivity index is 1.48. The van der Waals surface area contributed by atoms with Crippen LogP contribution in [0, 0.1) is 39.9 Å². The number of carbonyl (C=O) groups excluding carboxylic acids is 4. The molecule has 11 heteroatoms. The molecule has 6 atom stereocenters. The predicted octanol–water partition coefficient (Wildman–Crippen LogP) is 1.65. The number of nitriles is 1. The van der Waals surface area contributed by atoms with Gasteiger partial charge in [-0.2, -0.15) is 5.26 Å². The van der Waals surface area contributed by atoms with Gasteiger partial charge >= 0.3 is 6.09 Å². The topological polar surface area (TPSA) is 141 Å². The van der Waals surface area contributed by atoms with Gasteiger partial charge in [-0.15, -0.1) is 0 Å². The third-order valence-electron chi connectivity index (χ3n) is 8.69. The second-order valence-corrected chi connectivity index (χ2v) is 12.8. The Hall–Kier alpha value is -2.90. The molecule has 0 unspecified atom stereocenters.